The van der Waals surface area contributed by atoms with Gasteiger partial charge in [-0.2, -0.15) is 0 Å². The van der Waals surface area contributed by atoms with Gasteiger partial charge in [-0.05, 0) is 17.5 Å². The van der Waals surface area contributed by atoms with Crippen LogP contribution in [0.25, 0.3) is 10.8 Å². The topological polar surface area (TPSA) is 72.3 Å². The highest BCUT2D eigenvalue weighted by Gasteiger charge is 2.07. The first-order valence-corrected chi connectivity index (χ1v) is 5.97. The highest BCUT2D eigenvalue weighted by Crippen LogP contribution is 2.28. The Morgan fingerprint density at radius 2 is 1.75 bits per heavy atom. The van der Waals surface area contributed by atoms with Gasteiger partial charge in [-0.15, -0.1) is 10.2 Å². The molecular weight excluding hydrogens is 256 g/mol. The van der Waals surface area contributed by atoms with Crippen molar-refractivity contribution in [2.45, 2.75) is 0 Å². The number of rotatable bonds is 3. The summed E-state index contributed by atoms with van der Waals surface area (Å²) < 4.78 is 5.66. The Hall–Kier alpha value is -2.95. The molecule has 0 bridgehead atoms. The Balaban J connectivity index is 1.95. The van der Waals surface area contributed by atoms with Crippen molar-refractivity contribution < 1.29 is 14.6 Å². The van der Waals surface area contributed by atoms with Crippen molar-refractivity contribution in [3.05, 3.63) is 60.3 Å². The number of benzene rings is 2. The van der Waals surface area contributed by atoms with Crippen LogP contribution in [0.15, 0.2) is 54.6 Å². The molecule has 1 N–H and O–H groups in total. The molecule has 0 saturated heterocycles. The van der Waals surface area contributed by atoms with Crippen molar-refractivity contribution in [1.82, 2.24) is 10.2 Å². The number of aromatic carboxylic acids is 1. The van der Waals surface area contributed by atoms with Gasteiger partial charge in [0.25, 0.3) is 0 Å². The predicted octanol–water partition coefficient (Wildman–Crippen LogP) is 3.12. The van der Waals surface area contributed by atoms with Crippen LogP contribution < -0.4 is 4.74 Å². The Bertz CT molecular complexity index is 764. The number of carboxylic acid groups (broad SMARTS) is 1. The van der Waals surface area contributed by atoms with Gasteiger partial charge in [-0.3, -0.25) is 0 Å². The van der Waals surface area contributed by atoms with Gasteiger partial charge in [0.1, 0.15) is 5.75 Å². The summed E-state index contributed by atoms with van der Waals surface area (Å²) in [5, 5.41) is 18.1. The van der Waals surface area contributed by atoms with Gasteiger partial charge in [0, 0.05) is 11.5 Å². The second kappa shape index (κ2) is 4.97. The maximum atomic E-state index is 10.7. The van der Waals surface area contributed by atoms with E-state index >= 15 is 0 Å². The SMILES string of the molecule is O=C(O)c1ccc(Oc2cccc3ccccc23)nn1. The van der Waals surface area contributed by atoms with Crippen LogP contribution in [0.3, 0.4) is 0 Å². The van der Waals surface area contributed by atoms with Crippen molar-refractivity contribution in [3.8, 4) is 11.6 Å². The molecular formula is C15H10N2O3. The van der Waals surface area contributed by atoms with Gasteiger partial charge in [-0.25, -0.2) is 4.79 Å². The maximum absolute atomic E-state index is 10.7. The summed E-state index contributed by atoms with van der Waals surface area (Å²) in [5.74, 6) is -0.207. The van der Waals surface area contributed by atoms with E-state index in [-0.39, 0.29) is 11.6 Å². The lowest BCUT2D eigenvalue weighted by Crippen LogP contribution is -2.02. The van der Waals surface area contributed by atoms with Gasteiger partial charge in [0.2, 0.25) is 5.88 Å². The van der Waals surface area contributed by atoms with Crippen molar-refractivity contribution in [2.75, 3.05) is 0 Å². The van der Waals surface area contributed by atoms with E-state index in [0.717, 1.165) is 10.8 Å². The molecule has 2 aromatic carbocycles. The number of hydrogen-bond acceptors (Lipinski definition) is 4. The molecule has 5 heteroatoms. The van der Waals surface area contributed by atoms with Crippen LogP contribution in [-0.4, -0.2) is 21.3 Å². The summed E-state index contributed by atoms with van der Waals surface area (Å²) in [6.45, 7) is 0. The lowest BCUT2D eigenvalue weighted by atomic mass is 10.1. The lowest BCUT2D eigenvalue weighted by molar-refractivity contribution is 0.0689. The van der Waals surface area contributed by atoms with E-state index in [9.17, 15) is 4.79 Å². The highest BCUT2D eigenvalue weighted by atomic mass is 16.5. The minimum Gasteiger partial charge on any atom is -0.476 e. The second-order valence-corrected chi connectivity index (χ2v) is 4.14. The number of carbonyl (C=O) groups is 1. The average molecular weight is 266 g/mol. The van der Waals surface area contributed by atoms with E-state index in [4.69, 9.17) is 9.84 Å². The van der Waals surface area contributed by atoms with Gasteiger partial charge in [0.15, 0.2) is 5.69 Å². The molecule has 20 heavy (non-hydrogen) atoms. The fraction of sp³-hybridized carbons (Fsp3) is 0. The Labute approximate surface area is 114 Å². The molecule has 1 aromatic heterocycles. The Kier molecular flexibility index (Phi) is 3.01. The molecule has 0 fully saturated rings. The third-order valence-corrected chi connectivity index (χ3v) is 2.82. The smallest absolute Gasteiger partial charge is 0.356 e. The zero-order valence-electron chi connectivity index (χ0n) is 10.4. The van der Waals surface area contributed by atoms with E-state index in [1.165, 1.54) is 12.1 Å². The molecule has 0 aliphatic heterocycles. The molecule has 3 rings (SSSR count). The minimum absolute atomic E-state index is 0.115. The van der Waals surface area contributed by atoms with Crippen molar-refractivity contribution >= 4 is 16.7 Å². The number of hydrogen-bond donors (Lipinski definition) is 1. The van der Waals surface area contributed by atoms with E-state index in [2.05, 4.69) is 10.2 Å². The maximum Gasteiger partial charge on any atom is 0.356 e. The zero-order chi connectivity index (χ0) is 13.9. The number of fused-ring (bicyclic) bond motifs is 1. The van der Waals surface area contributed by atoms with Gasteiger partial charge in [-0.1, -0.05) is 36.4 Å². The number of nitrogens with zero attached hydrogens (tertiary/aromatic N) is 2. The third-order valence-electron chi connectivity index (χ3n) is 2.82. The van der Waals surface area contributed by atoms with Crippen molar-refractivity contribution in [3.63, 3.8) is 0 Å². The van der Waals surface area contributed by atoms with Gasteiger partial charge < -0.3 is 9.84 Å². The van der Waals surface area contributed by atoms with Crippen LogP contribution in [0, 0.1) is 0 Å². The molecule has 0 amide bonds. The first kappa shape index (κ1) is 12.1. The average Bonchev–Trinajstić information content (AvgIpc) is 2.48. The molecule has 0 radical (unpaired) electrons. The molecule has 98 valence electrons. The first-order chi connectivity index (χ1) is 9.74. The molecule has 0 spiro atoms. The number of carboxylic acids is 1. The van der Waals surface area contributed by atoms with Crippen LogP contribution in [0.5, 0.6) is 11.6 Å². The summed E-state index contributed by atoms with van der Waals surface area (Å²) in [6.07, 6.45) is 0. The quantitative estimate of drug-likeness (QED) is 0.788. The van der Waals surface area contributed by atoms with Gasteiger partial charge in [0.05, 0.1) is 0 Å². The van der Waals surface area contributed by atoms with E-state index in [1.807, 2.05) is 42.5 Å². The molecule has 3 aromatic rings. The largest absolute Gasteiger partial charge is 0.476 e. The Morgan fingerprint density at radius 3 is 2.50 bits per heavy atom. The predicted molar refractivity (Wildman–Crippen MR) is 73.0 cm³/mol. The summed E-state index contributed by atoms with van der Waals surface area (Å²) in [6, 6.07) is 16.4. The normalized spacial score (nSPS) is 10.4. The first-order valence-electron chi connectivity index (χ1n) is 5.97. The second-order valence-electron chi connectivity index (χ2n) is 4.14. The van der Waals surface area contributed by atoms with Crippen LogP contribution in [0.4, 0.5) is 0 Å². The van der Waals surface area contributed by atoms with Crippen LogP contribution >= 0.6 is 0 Å². The van der Waals surface area contributed by atoms with Crippen LogP contribution in [0.1, 0.15) is 10.5 Å². The molecule has 0 unspecified atom stereocenters. The van der Waals surface area contributed by atoms with Crippen LogP contribution in [-0.2, 0) is 0 Å². The van der Waals surface area contributed by atoms with Crippen molar-refractivity contribution in [2.24, 2.45) is 0 Å². The van der Waals surface area contributed by atoms with E-state index < -0.39 is 5.97 Å². The lowest BCUT2D eigenvalue weighted by Gasteiger charge is -2.07. The summed E-state index contributed by atoms with van der Waals surface area (Å²) >= 11 is 0. The van der Waals surface area contributed by atoms with E-state index in [0.29, 0.717) is 5.75 Å². The molecule has 0 aliphatic rings. The summed E-state index contributed by atoms with van der Waals surface area (Å²) in [4.78, 5) is 10.7. The fourth-order valence-electron chi connectivity index (χ4n) is 1.89. The zero-order valence-corrected chi connectivity index (χ0v) is 10.4. The minimum atomic E-state index is -1.12. The van der Waals surface area contributed by atoms with Crippen LogP contribution in [0.2, 0.25) is 0 Å². The summed E-state index contributed by atoms with van der Waals surface area (Å²) in [5.41, 5.74) is -0.115. The number of ether oxygens (including phenoxy) is 1. The van der Waals surface area contributed by atoms with Gasteiger partial charge >= 0.3 is 5.97 Å². The number of aromatic nitrogens is 2. The molecule has 0 aliphatic carbocycles. The third kappa shape index (κ3) is 2.29. The molecule has 0 saturated carbocycles. The molecule has 0 atom stereocenters. The highest BCUT2D eigenvalue weighted by molar-refractivity contribution is 5.88. The Morgan fingerprint density at radius 1 is 0.950 bits per heavy atom. The standard InChI is InChI=1S/C15H10N2O3/c18-15(19)12-8-9-14(17-16-12)20-13-7-3-5-10-4-1-2-6-11(10)13/h1-9H,(H,18,19). The van der Waals surface area contributed by atoms with E-state index in [1.54, 1.807) is 0 Å². The molecule has 1 heterocycles. The monoisotopic (exact) mass is 266 g/mol. The molecule has 5 nitrogen and oxygen atoms in total. The van der Waals surface area contributed by atoms with Crippen molar-refractivity contribution in [1.29, 1.82) is 0 Å². The summed E-state index contributed by atoms with van der Waals surface area (Å²) in [7, 11) is 0. The fourth-order valence-corrected chi connectivity index (χ4v) is 1.89.